The molecule has 40 heavy (non-hydrogen) atoms. The van der Waals surface area contributed by atoms with Gasteiger partial charge in [-0.3, -0.25) is 24.5 Å². The molecule has 0 aromatic heterocycles. The maximum absolute atomic E-state index is 12.5. The normalized spacial score (nSPS) is 11.7. The van der Waals surface area contributed by atoms with Gasteiger partial charge in [-0.1, -0.05) is 103 Å². The zero-order valence-corrected chi connectivity index (χ0v) is 24.3. The molecule has 1 rings (SSSR count). The van der Waals surface area contributed by atoms with Crippen LogP contribution in [0.4, 0.5) is 5.69 Å². The van der Waals surface area contributed by atoms with E-state index in [-0.39, 0.29) is 29.3 Å². The summed E-state index contributed by atoms with van der Waals surface area (Å²) in [4.78, 5) is 45.9. The average Bonchev–Trinajstić information content (AvgIpc) is 2.92. The van der Waals surface area contributed by atoms with Gasteiger partial charge >= 0.3 is 5.97 Å². The van der Waals surface area contributed by atoms with Gasteiger partial charge in [-0.2, -0.15) is 0 Å². The molecule has 10 heteroatoms. The van der Waals surface area contributed by atoms with Crippen molar-refractivity contribution in [2.75, 3.05) is 6.54 Å². The minimum absolute atomic E-state index is 0.167. The van der Waals surface area contributed by atoms with E-state index in [4.69, 9.17) is 10.8 Å². The zero-order valence-electron chi connectivity index (χ0n) is 24.3. The highest BCUT2D eigenvalue weighted by Gasteiger charge is 2.20. The molecule has 0 spiro atoms. The van der Waals surface area contributed by atoms with E-state index in [1.165, 1.54) is 102 Å². The van der Waals surface area contributed by atoms with Crippen LogP contribution >= 0.6 is 0 Å². The second-order valence-electron chi connectivity index (χ2n) is 10.6. The maximum atomic E-state index is 12.5. The van der Waals surface area contributed by atoms with E-state index in [9.17, 15) is 24.5 Å². The van der Waals surface area contributed by atoms with Crippen LogP contribution in [0.25, 0.3) is 0 Å². The molecular formula is C30H50N4O6. The number of hydrogen-bond acceptors (Lipinski definition) is 6. The second-order valence-corrected chi connectivity index (χ2v) is 10.6. The van der Waals surface area contributed by atoms with Crippen molar-refractivity contribution in [3.8, 4) is 0 Å². The largest absolute Gasteiger partial charge is 0.481 e. The first kappa shape index (κ1) is 35.0. The summed E-state index contributed by atoms with van der Waals surface area (Å²) in [5.41, 5.74) is 5.55. The van der Waals surface area contributed by atoms with Crippen LogP contribution in [0.3, 0.4) is 0 Å². The number of amides is 2. The number of nitrogens with zero attached hydrogens (tertiary/aromatic N) is 1. The molecule has 0 aliphatic heterocycles. The monoisotopic (exact) mass is 562 g/mol. The van der Waals surface area contributed by atoms with Crippen molar-refractivity contribution in [2.24, 2.45) is 5.73 Å². The summed E-state index contributed by atoms with van der Waals surface area (Å²) in [5, 5.41) is 25.4. The van der Waals surface area contributed by atoms with Gasteiger partial charge in [-0.15, -0.1) is 0 Å². The van der Waals surface area contributed by atoms with E-state index in [1.807, 2.05) is 0 Å². The predicted octanol–water partition coefficient (Wildman–Crippen LogP) is 6.00. The fourth-order valence-electron chi connectivity index (χ4n) is 4.60. The number of carboxylic acids is 1. The highest BCUT2D eigenvalue weighted by molar-refractivity contribution is 5.95. The standard InChI is InChI=1S/C30H50N4O6/c1-2-3-4-5-6-7-8-9-10-11-12-13-14-15-16-17-20-32-29(37)24-18-19-25(27(21-24)34(39)40)23-33-30(38)26(31)22-28(35)36/h18-19,21,26H,2-17,20,22-23,31H2,1H3,(H,32,37)(H,33,38)(H,35,36)/t26-/m0/s1. The van der Waals surface area contributed by atoms with Crippen LogP contribution in [0.5, 0.6) is 0 Å². The number of nitrogens with two attached hydrogens (primary N) is 1. The lowest BCUT2D eigenvalue weighted by atomic mass is 10.0. The second kappa shape index (κ2) is 21.8. The molecule has 1 aromatic rings. The number of hydrogen-bond donors (Lipinski definition) is 4. The molecule has 1 atom stereocenters. The molecule has 0 aliphatic rings. The summed E-state index contributed by atoms with van der Waals surface area (Å²) < 4.78 is 0. The van der Waals surface area contributed by atoms with E-state index < -0.39 is 29.3 Å². The Morgan fingerprint density at radius 1 is 0.850 bits per heavy atom. The fraction of sp³-hybridized carbons (Fsp3) is 0.700. The van der Waals surface area contributed by atoms with Crippen molar-refractivity contribution in [3.05, 3.63) is 39.4 Å². The maximum Gasteiger partial charge on any atom is 0.305 e. The van der Waals surface area contributed by atoms with Crippen LogP contribution in [0.15, 0.2) is 18.2 Å². The average molecular weight is 563 g/mol. The van der Waals surface area contributed by atoms with Crippen LogP contribution in [-0.2, 0) is 16.1 Å². The van der Waals surface area contributed by atoms with Crippen LogP contribution in [0.2, 0.25) is 0 Å². The van der Waals surface area contributed by atoms with Crippen molar-refractivity contribution < 1.29 is 24.4 Å². The third-order valence-corrected chi connectivity index (χ3v) is 7.04. The first-order valence-corrected chi connectivity index (χ1v) is 15.1. The number of nitro groups is 1. The number of carbonyl (C=O) groups excluding carboxylic acids is 2. The SMILES string of the molecule is CCCCCCCCCCCCCCCCCCNC(=O)c1ccc(CNC(=O)[C@@H](N)CC(=O)O)c([N+](=O)[O-])c1. The first-order valence-electron chi connectivity index (χ1n) is 15.1. The van der Waals surface area contributed by atoms with E-state index in [2.05, 4.69) is 17.6 Å². The molecule has 0 fully saturated rings. The van der Waals surface area contributed by atoms with Crippen LogP contribution < -0.4 is 16.4 Å². The van der Waals surface area contributed by atoms with Crippen molar-refractivity contribution >= 4 is 23.5 Å². The van der Waals surface area contributed by atoms with Gasteiger partial charge < -0.3 is 21.5 Å². The molecule has 0 heterocycles. The number of carboxylic acid groups (broad SMARTS) is 1. The first-order chi connectivity index (χ1) is 19.3. The summed E-state index contributed by atoms with van der Waals surface area (Å²) in [6.07, 6.45) is 19.9. The van der Waals surface area contributed by atoms with Crippen LogP contribution in [-0.4, -0.2) is 40.4 Å². The Bertz CT molecular complexity index is 908. The Morgan fingerprint density at radius 2 is 1.35 bits per heavy atom. The van der Waals surface area contributed by atoms with Gasteiger partial charge in [0.05, 0.1) is 17.4 Å². The quantitative estimate of drug-likeness (QED) is 0.0681. The molecule has 10 nitrogen and oxygen atoms in total. The molecule has 226 valence electrons. The van der Waals surface area contributed by atoms with Gasteiger partial charge in [-0.25, -0.2) is 0 Å². The molecule has 2 amide bonds. The van der Waals surface area contributed by atoms with Crippen molar-refractivity contribution in [3.63, 3.8) is 0 Å². The van der Waals surface area contributed by atoms with Gasteiger partial charge in [0, 0.05) is 30.3 Å². The lowest BCUT2D eigenvalue weighted by Crippen LogP contribution is -2.41. The molecule has 0 bridgehead atoms. The van der Waals surface area contributed by atoms with E-state index in [0.717, 1.165) is 19.3 Å². The molecule has 5 N–H and O–H groups in total. The Labute approximate surface area is 239 Å². The smallest absolute Gasteiger partial charge is 0.305 e. The molecule has 0 radical (unpaired) electrons. The van der Waals surface area contributed by atoms with Crippen molar-refractivity contribution in [1.29, 1.82) is 0 Å². The van der Waals surface area contributed by atoms with Crippen molar-refractivity contribution in [1.82, 2.24) is 10.6 Å². The van der Waals surface area contributed by atoms with Crippen LogP contribution in [0.1, 0.15) is 132 Å². The van der Waals surface area contributed by atoms with Gasteiger partial charge in [-0.05, 0) is 18.6 Å². The molecule has 0 aliphatic carbocycles. The summed E-state index contributed by atoms with van der Waals surface area (Å²) in [6.45, 7) is 2.55. The highest BCUT2D eigenvalue weighted by Crippen LogP contribution is 2.21. The number of nitro benzene ring substituents is 1. The molecule has 0 saturated carbocycles. The summed E-state index contributed by atoms with van der Waals surface area (Å²) in [5.74, 6) is -2.33. The summed E-state index contributed by atoms with van der Waals surface area (Å²) in [6, 6.07) is 2.80. The van der Waals surface area contributed by atoms with Gasteiger partial charge in [0.15, 0.2) is 0 Å². The third kappa shape index (κ3) is 16.2. The Balaban J connectivity index is 2.19. The van der Waals surface area contributed by atoms with E-state index in [0.29, 0.717) is 6.54 Å². The fourth-order valence-corrected chi connectivity index (χ4v) is 4.60. The Morgan fingerprint density at radius 3 is 1.82 bits per heavy atom. The Hall–Kier alpha value is -3.01. The summed E-state index contributed by atoms with van der Waals surface area (Å²) >= 11 is 0. The van der Waals surface area contributed by atoms with Crippen molar-refractivity contribution in [2.45, 2.75) is 129 Å². The van der Waals surface area contributed by atoms with Gasteiger partial charge in [0.2, 0.25) is 5.91 Å². The van der Waals surface area contributed by atoms with Gasteiger partial charge in [0.1, 0.15) is 0 Å². The predicted molar refractivity (Wildman–Crippen MR) is 157 cm³/mol. The minimum Gasteiger partial charge on any atom is -0.481 e. The zero-order chi connectivity index (χ0) is 29.6. The lowest BCUT2D eigenvalue weighted by Gasteiger charge is -2.11. The molecule has 1 aromatic carbocycles. The van der Waals surface area contributed by atoms with Gasteiger partial charge in [0.25, 0.3) is 11.6 Å². The number of aliphatic carboxylic acids is 1. The number of carbonyl (C=O) groups is 3. The van der Waals surface area contributed by atoms with E-state index in [1.54, 1.807) is 0 Å². The van der Waals surface area contributed by atoms with E-state index >= 15 is 0 Å². The number of nitrogens with one attached hydrogen (secondary N) is 2. The summed E-state index contributed by atoms with van der Waals surface area (Å²) in [7, 11) is 0. The molecule has 0 unspecified atom stereocenters. The molecule has 0 saturated heterocycles. The third-order valence-electron chi connectivity index (χ3n) is 7.04. The number of unbranched alkanes of at least 4 members (excludes halogenated alkanes) is 15. The number of rotatable bonds is 24. The Kier molecular flexibility index (Phi) is 19.1. The highest BCUT2D eigenvalue weighted by atomic mass is 16.6. The lowest BCUT2D eigenvalue weighted by molar-refractivity contribution is -0.385. The minimum atomic E-state index is -1.26. The molecular weight excluding hydrogens is 512 g/mol. The topological polar surface area (TPSA) is 165 Å². The number of benzene rings is 1. The van der Waals surface area contributed by atoms with Crippen LogP contribution in [0, 0.1) is 10.1 Å².